The Balaban J connectivity index is 1.32. The molecule has 0 saturated heterocycles. The summed E-state index contributed by atoms with van der Waals surface area (Å²) in [6.07, 6.45) is 0.855. The average molecular weight is 429 g/mol. The van der Waals surface area contributed by atoms with Crippen LogP contribution in [0.1, 0.15) is 48.4 Å². The maximum absolute atomic E-state index is 13.0. The van der Waals surface area contributed by atoms with Crippen LogP contribution in [0.25, 0.3) is 0 Å². The zero-order chi connectivity index (χ0) is 22.2. The van der Waals surface area contributed by atoms with E-state index in [2.05, 4.69) is 35.2 Å². The highest BCUT2D eigenvalue weighted by atomic mass is 19.3. The van der Waals surface area contributed by atoms with E-state index in [0.717, 1.165) is 31.6 Å². The van der Waals surface area contributed by atoms with Gasteiger partial charge in [-0.2, -0.15) is 0 Å². The van der Waals surface area contributed by atoms with Crippen LogP contribution in [0.15, 0.2) is 42.5 Å². The number of hydrogen-bond acceptors (Lipinski definition) is 3. The highest BCUT2D eigenvalue weighted by molar-refractivity contribution is 5.77. The standard InChI is InChI=1S/C25H30F2N2O2/c1-16(17(2)24(28)30)19-5-3-18(4-6-19)13-29-10-9-20-11-23(8-7-21(20)14-29)31-15-22-12-25(22,26)27/h3-8,11,16-17,22H,9-10,12-15H2,1-2H3,(H2,28,30)/t16-,17?,22?/m0/s1. The molecule has 2 aromatic carbocycles. The third-order valence-electron chi connectivity index (χ3n) is 6.79. The van der Waals surface area contributed by atoms with Crippen LogP contribution in [-0.2, 0) is 24.3 Å². The first-order chi connectivity index (χ1) is 14.7. The largest absolute Gasteiger partial charge is 0.493 e. The van der Waals surface area contributed by atoms with Crippen molar-refractivity contribution in [2.24, 2.45) is 17.6 Å². The third-order valence-corrected chi connectivity index (χ3v) is 6.79. The fraction of sp³-hybridized carbons (Fsp3) is 0.480. The van der Waals surface area contributed by atoms with Gasteiger partial charge in [-0.15, -0.1) is 0 Å². The van der Waals surface area contributed by atoms with Gasteiger partial charge in [0.25, 0.3) is 5.92 Å². The fourth-order valence-electron chi connectivity index (χ4n) is 4.18. The van der Waals surface area contributed by atoms with E-state index in [0.29, 0.717) is 5.75 Å². The first-order valence-corrected chi connectivity index (χ1v) is 11.0. The van der Waals surface area contributed by atoms with Gasteiger partial charge in [0.1, 0.15) is 5.75 Å². The number of amides is 1. The second-order valence-electron chi connectivity index (χ2n) is 9.09. The number of carbonyl (C=O) groups excluding carboxylic acids is 1. The molecule has 0 spiro atoms. The van der Waals surface area contributed by atoms with Crippen LogP contribution in [0.4, 0.5) is 8.78 Å². The van der Waals surface area contributed by atoms with Crippen LogP contribution in [0.3, 0.4) is 0 Å². The van der Waals surface area contributed by atoms with Gasteiger partial charge in [-0.25, -0.2) is 8.78 Å². The molecule has 0 bridgehead atoms. The zero-order valence-electron chi connectivity index (χ0n) is 18.1. The first-order valence-electron chi connectivity index (χ1n) is 11.0. The molecule has 1 aliphatic heterocycles. The maximum Gasteiger partial charge on any atom is 0.255 e. The lowest BCUT2D eigenvalue weighted by Gasteiger charge is -2.29. The van der Waals surface area contributed by atoms with E-state index >= 15 is 0 Å². The van der Waals surface area contributed by atoms with Crippen molar-refractivity contribution >= 4 is 5.91 Å². The number of nitrogens with zero attached hydrogens (tertiary/aromatic N) is 1. The number of alkyl halides is 2. The van der Waals surface area contributed by atoms with Gasteiger partial charge in [-0.05, 0) is 46.7 Å². The molecule has 1 fully saturated rings. The molecule has 4 rings (SSSR count). The summed E-state index contributed by atoms with van der Waals surface area (Å²) in [4.78, 5) is 13.8. The molecular formula is C25H30F2N2O2. The van der Waals surface area contributed by atoms with E-state index in [4.69, 9.17) is 10.5 Å². The van der Waals surface area contributed by atoms with Gasteiger partial charge in [0.2, 0.25) is 5.91 Å². The van der Waals surface area contributed by atoms with Crippen LogP contribution >= 0.6 is 0 Å². The monoisotopic (exact) mass is 428 g/mol. The number of nitrogens with two attached hydrogens (primary N) is 1. The molecule has 2 aromatic rings. The summed E-state index contributed by atoms with van der Waals surface area (Å²) in [5.41, 5.74) is 10.3. The van der Waals surface area contributed by atoms with Crippen molar-refractivity contribution in [3.05, 3.63) is 64.7 Å². The second kappa shape index (κ2) is 8.58. The van der Waals surface area contributed by atoms with Crippen molar-refractivity contribution in [1.82, 2.24) is 4.90 Å². The summed E-state index contributed by atoms with van der Waals surface area (Å²) in [6, 6.07) is 14.4. The molecule has 2 N–H and O–H groups in total. The van der Waals surface area contributed by atoms with Crippen molar-refractivity contribution in [3.8, 4) is 5.75 Å². The molecule has 0 aromatic heterocycles. The summed E-state index contributed by atoms with van der Waals surface area (Å²) in [7, 11) is 0. The fourth-order valence-corrected chi connectivity index (χ4v) is 4.18. The maximum atomic E-state index is 13.0. The summed E-state index contributed by atoms with van der Waals surface area (Å²) in [5, 5.41) is 0. The topological polar surface area (TPSA) is 55.6 Å². The lowest BCUT2D eigenvalue weighted by Crippen LogP contribution is -2.30. The number of halogens is 2. The van der Waals surface area contributed by atoms with Crippen molar-refractivity contribution < 1.29 is 18.3 Å². The van der Waals surface area contributed by atoms with Crippen molar-refractivity contribution in [1.29, 1.82) is 0 Å². The molecular weight excluding hydrogens is 398 g/mol. The Kier molecular flexibility index (Phi) is 6.02. The molecule has 4 nitrogen and oxygen atoms in total. The molecule has 3 atom stereocenters. The highest BCUT2D eigenvalue weighted by Gasteiger charge is 2.57. The van der Waals surface area contributed by atoms with E-state index < -0.39 is 11.8 Å². The number of benzene rings is 2. The zero-order valence-corrected chi connectivity index (χ0v) is 18.1. The van der Waals surface area contributed by atoms with Gasteiger partial charge >= 0.3 is 0 Å². The molecule has 1 aliphatic carbocycles. The minimum atomic E-state index is -2.54. The Bertz CT molecular complexity index is 945. The quantitative estimate of drug-likeness (QED) is 0.673. The van der Waals surface area contributed by atoms with Gasteiger partial charge in [-0.1, -0.05) is 44.2 Å². The van der Waals surface area contributed by atoms with E-state index in [1.807, 2.05) is 26.0 Å². The molecule has 1 heterocycles. The molecule has 0 radical (unpaired) electrons. The summed E-state index contributed by atoms with van der Waals surface area (Å²) >= 11 is 0. The summed E-state index contributed by atoms with van der Waals surface area (Å²) < 4.78 is 31.6. The number of ether oxygens (including phenoxy) is 1. The van der Waals surface area contributed by atoms with Crippen molar-refractivity contribution in [2.45, 2.75) is 51.6 Å². The number of fused-ring (bicyclic) bond motifs is 1. The van der Waals surface area contributed by atoms with E-state index in [-0.39, 0.29) is 30.8 Å². The van der Waals surface area contributed by atoms with Crippen molar-refractivity contribution in [3.63, 3.8) is 0 Å². The molecule has 2 unspecified atom stereocenters. The Hall–Kier alpha value is -2.47. The smallest absolute Gasteiger partial charge is 0.255 e. The SMILES string of the molecule is CC(C(N)=O)[C@H](C)c1ccc(CN2CCc3cc(OCC4CC4(F)F)ccc3C2)cc1. The Morgan fingerprint density at radius 1 is 1.19 bits per heavy atom. The average Bonchev–Trinajstić information content (AvgIpc) is 3.38. The van der Waals surface area contributed by atoms with Crippen LogP contribution in [-0.4, -0.2) is 29.9 Å². The number of hydrogen-bond donors (Lipinski definition) is 1. The molecule has 6 heteroatoms. The van der Waals surface area contributed by atoms with Crippen LogP contribution in [0.5, 0.6) is 5.75 Å². The van der Waals surface area contributed by atoms with Gasteiger partial charge in [0.15, 0.2) is 0 Å². The lowest BCUT2D eigenvalue weighted by molar-refractivity contribution is -0.121. The van der Waals surface area contributed by atoms with Crippen LogP contribution in [0.2, 0.25) is 0 Å². The Labute approximate surface area is 182 Å². The predicted octanol–water partition coefficient (Wildman–Crippen LogP) is 4.50. The summed E-state index contributed by atoms with van der Waals surface area (Å²) in [5.74, 6) is -2.86. The number of rotatable bonds is 8. The normalized spacial score (nSPS) is 21.7. The van der Waals surface area contributed by atoms with Gasteiger partial charge < -0.3 is 10.5 Å². The highest BCUT2D eigenvalue weighted by Crippen LogP contribution is 2.48. The molecule has 1 amide bonds. The van der Waals surface area contributed by atoms with Crippen LogP contribution < -0.4 is 10.5 Å². The first kappa shape index (κ1) is 21.8. The lowest BCUT2D eigenvalue weighted by atomic mass is 9.88. The molecule has 166 valence electrons. The van der Waals surface area contributed by atoms with Gasteiger partial charge in [0.05, 0.1) is 12.5 Å². The van der Waals surface area contributed by atoms with E-state index in [1.54, 1.807) is 0 Å². The minimum Gasteiger partial charge on any atom is -0.493 e. The summed E-state index contributed by atoms with van der Waals surface area (Å²) in [6.45, 7) is 6.63. The Morgan fingerprint density at radius 3 is 2.55 bits per heavy atom. The van der Waals surface area contributed by atoms with Gasteiger partial charge in [0, 0.05) is 32.0 Å². The minimum absolute atomic E-state index is 0.0586. The van der Waals surface area contributed by atoms with Crippen molar-refractivity contribution in [2.75, 3.05) is 13.2 Å². The number of carbonyl (C=O) groups is 1. The predicted molar refractivity (Wildman–Crippen MR) is 116 cm³/mol. The molecule has 31 heavy (non-hydrogen) atoms. The molecule has 1 saturated carbocycles. The van der Waals surface area contributed by atoms with E-state index in [9.17, 15) is 13.6 Å². The van der Waals surface area contributed by atoms with Crippen LogP contribution in [0, 0.1) is 11.8 Å². The third kappa shape index (κ3) is 5.06. The second-order valence-corrected chi connectivity index (χ2v) is 9.09. The Morgan fingerprint density at radius 2 is 1.90 bits per heavy atom. The van der Waals surface area contributed by atoms with E-state index in [1.165, 1.54) is 16.7 Å². The molecule has 2 aliphatic rings. The van der Waals surface area contributed by atoms with Gasteiger partial charge in [-0.3, -0.25) is 9.69 Å². The number of primary amides is 1.